The lowest BCUT2D eigenvalue weighted by atomic mass is 10.2. The summed E-state index contributed by atoms with van der Waals surface area (Å²) < 4.78 is 48.2. The van der Waals surface area contributed by atoms with Gasteiger partial charge in [-0.2, -0.15) is 13.2 Å². The molecule has 8 heteroatoms. The Balaban J connectivity index is 2.72. The molecule has 0 radical (unpaired) electrons. The predicted octanol–water partition coefficient (Wildman–Crippen LogP) is 3.32. The topological polar surface area (TPSA) is 42.0 Å². The second-order valence-corrected chi connectivity index (χ2v) is 6.13. The molecule has 0 aliphatic rings. The van der Waals surface area contributed by atoms with Gasteiger partial charge in [0.15, 0.2) is 0 Å². The Labute approximate surface area is 117 Å². The Morgan fingerprint density at radius 3 is 2.63 bits per heavy atom. The minimum Gasteiger partial charge on any atom is -0.366 e. The number of hydrogen-bond acceptors (Lipinski definition) is 3. The van der Waals surface area contributed by atoms with Gasteiger partial charge >= 0.3 is 6.18 Å². The first kappa shape index (κ1) is 16.2. The Kier molecular flexibility index (Phi) is 5.61. The van der Waals surface area contributed by atoms with Crippen LogP contribution < -0.4 is 5.32 Å². The van der Waals surface area contributed by atoms with Gasteiger partial charge in [0.2, 0.25) is 0 Å². The number of alkyl halides is 3. The fourth-order valence-corrected chi connectivity index (χ4v) is 2.25. The molecular weight excluding hydrogens is 301 g/mol. The fourth-order valence-electron chi connectivity index (χ4n) is 1.35. The van der Waals surface area contributed by atoms with E-state index in [9.17, 15) is 17.4 Å². The van der Waals surface area contributed by atoms with Crippen molar-refractivity contribution < 1.29 is 17.4 Å². The Bertz CT molecular complexity index is 468. The van der Waals surface area contributed by atoms with E-state index in [-0.39, 0.29) is 16.9 Å². The lowest BCUT2D eigenvalue weighted by Crippen LogP contribution is -2.19. The second-order valence-electron chi connectivity index (χ2n) is 4.16. The van der Waals surface area contributed by atoms with Gasteiger partial charge in [0.1, 0.15) is 5.82 Å². The number of anilines is 1. The van der Waals surface area contributed by atoms with Crippen LogP contribution in [0, 0.1) is 0 Å². The normalized spacial score (nSPS) is 15.1. The zero-order valence-electron chi connectivity index (χ0n) is 10.4. The van der Waals surface area contributed by atoms with Gasteiger partial charge < -0.3 is 5.32 Å². The van der Waals surface area contributed by atoms with Gasteiger partial charge in [-0.25, -0.2) is 4.98 Å². The number of aromatic nitrogens is 1. The number of rotatable bonds is 5. The predicted molar refractivity (Wildman–Crippen MR) is 70.9 cm³/mol. The smallest absolute Gasteiger partial charge is 0.366 e. The monoisotopic (exact) mass is 314 g/mol. The summed E-state index contributed by atoms with van der Waals surface area (Å²) in [5.41, 5.74) is -0.884. The molecule has 1 rings (SSSR count). The third-order valence-corrected chi connectivity index (χ3v) is 3.49. The van der Waals surface area contributed by atoms with Gasteiger partial charge in [0.05, 0.1) is 10.6 Å². The van der Waals surface area contributed by atoms with Crippen molar-refractivity contribution in [3.05, 3.63) is 22.8 Å². The summed E-state index contributed by atoms with van der Waals surface area (Å²) in [5, 5.41) is 2.82. The number of hydrogen-bond donors (Lipinski definition) is 1. The van der Waals surface area contributed by atoms with Crippen LogP contribution in [0.1, 0.15) is 18.9 Å². The van der Waals surface area contributed by atoms with E-state index < -0.39 is 22.5 Å². The molecule has 0 spiro atoms. The van der Waals surface area contributed by atoms with E-state index in [4.69, 9.17) is 11.6 Å². The van der Waals surface area contributed by atoms with E-state index in [1.54, 1.807) is 6.26 Å². The van der Waals surface area contributed by atoms with E-state index >= 15 is 0 Å². The third kappa shape index (κ3) is 5.36. The highest BCUT2D eigenvalue weighted by atomic mass is 35.5. The summed E-state index contributed by atoms with van der Waals surface area (Å²) in [6.45, 7) is 1.82. The van der Waals surface area contributed by atoms with Gasteiger partial charge in [-0.1, -0.05) is 11.6 Å². The zero-order valence-corrected chi connectivity index (χ0v) is 12.0. The van der Waals surface area contributed by atoms with Crippen LogP contribution in [0.2, 0.25) is 5.02 Å². The molecule has 0 saturated carbocycles. The molecule has 2 atom stereocenters. The Hall–Kier alpha value is -0.820. The molecule has 0 aliphatic heterocycles. The molecular formula is C11H14ClF3N2OS. The average molecular weight is 315 g/mol. The minimum absolute atomic E-state index is 0.0781. The lowest BCUT2D eigenvalue weighted by Gasteiger charge is -2.15. The number of halogens is 4. The quantitative estimate of drug-likeness (QED) is 0.906. The molecule has 0 saturated heterocycles. The average Bonchev–Trinajstić information content (AvgIpc) is 2.27. The van der Waals surface area contributed by atoms with Crippen LogP contribution in [0.5, 0.6) is 0 Å². The van der Waals surface area contributed by atoms with Gasteiger partial charge in [-0.3, -0.25) is 4.21 Å². The van der Waals surface area contributed by atoms with Crippen LogP contribution in [-0.2, 0) is 17.0 Å². The van der Waals surface area contributed by atoms with Gasteiger partial charge in [-0.05, 0) is 19.4 Å². The second kappa shape index (κ2) is 6.56. The van der Waals surface area contributed by atoms with Gasteiger partial charge in [0, 0.05) is 35.0 Å². The van der Waals surface area contributed by atoms with Crippen molar-refractivity contribution in [2.24, 2.45) is 0 Å². The molecule has 1 aromatic rings. The highest BCUT2D eigenvalue weighted by Gasteiger charge is 2.31. The van der Waals surface area contributed by atoms with E-state index in [1.807, 2.05) is 6.92 Å². The maximum atomic E-state index is 12.4. The number of pyridine rings is 1. The fraction of sp³-hybridized carbons (Fsp3) is 0.545. The molecule has 3 nitrogen and oxygen atoms in total. The summed E-state index contributed by atoms with van der Waals surface area (Å²) in [6.07, 6.45) is -1.52. The van der Waals surface area contributed by atoms with Crippen LogP contribution in [-0.4, -0.2) is 27.2 Å². The summed E-state index contributed by atoms with van der Waals surface area (Å²) >= 11 is 5.76. The molecule has 0 aromatic carbocycles. The van der Waals surface area contributed by atoms with Gasteiger partial charge in [0.25, 0.3) is 0 Å². The first-order valence-corrected chi connectivity index (χ1v) is 7.60. The van der Waals surface area contributed by atoms with Crippen LogP contribution >= 0.6 is 11.6 Å². The van der Waals surface area contributed by atoms with Crippen LogP contribution in [0.15, 0.2) is 12.3 Å². The molecule has 19 heavy (non-hydrogen) atoms. The molecule has 1 heterocycles. The summed E-state index contributed by atoms with van der Waals surface area (Å²) in [7, 11) is -0.907. The van der Waals surface area contributed by atoms with E-state index in [0.717, 1.165) is 12.3 Å². The van der Waals surface area contributed by atoms with Crippen LogP contribution in [0.25, 0.3) is 0 Å². The van der Waals surface area contributed by atoms with E-state index in [2.05, 4.69) is 10.3 Å². The maximum absolute atomic E-state index is 12.4. The molecule has 0 amide bonds. The van der Waals surface area contributed by atoms with Crippen molar-refractivity contribution in [1.82, 2.24) is 4.98 Å². The number of nitrogens with zero attached hydrogens (tertiary/aromatic N) is 1. The molecule has 0 bridgehead atoms. The van der Waals surface area contributed by atoms with Gasteiger partial charge in [-0.15, -0.1) is 0 Å². The first-order valence-electron chi connectivity index (χ1n) is 5.49. The van der Waals surface area contributed by atoms with Crippen molar-refractivity contribution >= 4 is 28.2 Å². The highest BCUT2D eigenvalue weighted by Crippen LogP contribution is 2.32. The molecule has 2 unspecified atom stereocenters. The molecule has 108 valence electrons. The lowest BCUT2D eigenvalue weighted by molar-refractivity contribution is -0.137. The van der Waals surface area contributed by atoms with E-state index in [0.29, 0.717) is 12.2 Å². The SMILES string of the molecule is CC(CCS(C)=O)Nc1ncc(C(F)(F)F)cc1Cl. The Morgan fingerprint density at radius 1 is 1.53 bits per heavy atom. The van der Waals surface area contributed by atoms with Crippen LogP contribution in [0.3, 0.4) is 0 Å². The van der Waals surface area contributed by atoms with Crippen molar-refractivity contribution in [2.75, 3.05) is 17.3 Å². The van der Waals surface area contributed by atoms with Crippen molar-refractivity contribution in [2.45, 2.75) is 25.6 Å². The zero-order chi connectivity index (χ0) is 14.6. The first-order chi connectivity index (χ1) is 8.70. The summed E-state index contributed by atoms with van der Waals surface area (Å²) in [6, 6.07) is 0.757. The standard InChI is InChI=1S/C11H14ClF3N2OS/c1-7(3-4-19(2)18)17-10-9(12)5-8(6-16-10)11(13,14)15/h5-7H,3-4H2,1-2H3,(H,16,17). The maximum Gasteiger partial charge on any atom is 0.417 e. The molecule has 0 fully saturated rings. The van der Waals surface area contributed by atoms with Crippen molar-refractivity contribution in [1.29, 1.82) is 0 Å². The minimum atomic E-state index is -4.46. The molecule has 1 aromatic heterocycles. The highest BCUT2D eigenvalue weighted by molar-refractivity contribution is 7.84. The molecule has 0 aliphatic carbocycles. The Morgan fingerprint density at radius 2 is 2.16 bits per heavy atom. The largest absolute Gasteiger partial charge is 0.417 e. The van der Waals surface area contributed by atoms with E-state index in [1.165, 1.54) is 0 Å². The van der Waals surface area contributed by atoms with Crippen LogP contribution in [0.4, 0.5) is 19.0 Å². The third-order valence-electron chi connectivity index (χ3n) is 2.39. The van der Waals surface area contributed by atoms with Crippen molar-refractivity contribution in [3.63, 3.8) is 0 Å². The van der Waals surface area contributed by atoms with Crippen molar-refractivity contribution in [3.8, 4) is 0 Å². The molecule has 1 N–H and O–H groups in total. The summed E-state index contributed by atoms with van der Waals surface area (Å²) in [4.78, 5) is 3.67. The summed E-state index contributed by atoms with van der Waals surface area (Å²) in [5.74, 6) is 0.705. The number of nitrogens with one attached hydrogen (secondary N) is 1.